The van der Waals surface area contributed by atoms with E-state index in [1.54, 1.807) is 0 Å². The molecule has 1 saturated heterocycles. The summed E-state index contributed by atoms with van der Waals surface area (Å²) in [5.41, 5.74) is 0.762. The number of unbranched alkanes of at least 4 members (excludes halogenated alkanes) is 1. The summed E-state index contributed by atoms with van der Waals surface area (Å²) in [5, 5.41) is 0. The molecule has 0 N–H and O–H groups in total. The summed E-state index contributed by atoms with van der Waals surface area (Å²) < 4.78 is 11.0. The zero-order chi connectivity index (χ0) is 13.5. The lowest BCUT2D eigenvalue weighted by Gasteiger charge is -2.20. The van der Waals surface area contributed by atoms with Crippen molar-refractivity contribution in [2.75, 3.05) is 19.8 Å². The van der Waals surface area contributed by atoms with E-state index in [0.717, 1.165) is 50.2 Å². The van der Waals surface area contributed by atoms with Crippen LogP contribution in [0.25, 0.3) is 0 Å². The SMILES string of the molecule is CCCCOc1ccc(C(=O)C2CCCOC2)cc1. The molecule has 2 rings (SSSR count). The van der Waals surface area contributed by atoms with Crippen LogP contribution in [-0.4, -0.2) is 25.6 Å². The third kappa shape index (κ3) is 4.06. The van der Waals surface area contributed by atoms with E-state index in [4.69, 9.17) is 9.47 Å². The van der Waals surface area contributed by atoms with E-state index in [0.29, 0.717) is 6.61 Å². The molecule has 0 bridgehead atoms. The lowest BCUT2D eigenvalue weighted by Crippen LogP contribution is -2.25. The molecule has 3 nitrogen and oxygen atoms in total. The Morgan fingerprint density at radius 1 is 1.37 bits per heavy atom. The lowest BCUT2D eigenvalue weighted by atomic mass is 9.93. The van der Waals surface area contributed by atoms with Gasteiger partial charge >= 0.3 is 0 Å². The normalized spacial score (nSPS) is 19.1. The van der Waals surface area contributed by atoms with Gasteiger partial charge < -0.3 is 9.47 Å². The highest BCUT2D eigenvalue weighted by Crippen LogP contribution is 2.21. The summed E-state index contributed by atoms with van der Waals surface area (Å²) in [6.07, 6.45) is 4.10. The number of carbonyl (C=O) groups is 1. The number of carbonyl (C=O) groups excluding carboxylic acids is 1. The second kappa shape index (κ2) is 7.29. The van der Waals surface area contributed by atoms with Gasteiger partial charge in [0.05, 0.1) is 13.2 Å². The molecular weight excluding hydrogens is 240 g/mol. The van der Waals surface area contributed by atoms with Crippen LogP contribution in [0.3, 0.4) is 0 Å². The van der Waals surface area contributed by atoms with Crippen molar-refractivity contribution in [3.63, 3.8) is 0 Å². The summed E-state index contributed by atoms with van der Waals surface area (Å²) in [6.45, 7) is 4.22. The molecule has 104 valence electrons. The molecule has 1 heterocycles. The van der Waals surface area contributed by atoms with Crippen LogP contribution in [0.1, 0.15) is 43.0 Å². The van der Waals surface area contributed by atoms with Crippen molar-refractivity contribution in [3.8, 4) is 5.75 Å². The van der Waals surface area contributed by atoms with Gasteiger partial charge in [-0.15, -0.1) is 0 Å². The Bertz CT molecular complexity index is 391. The molecule has 0 amide bonds. The van der Waals surface area contributed by atoms with Crippen molar-refractivity contribution >= 4 is 5.78 Å². The van der Waals surface area contributed by atoms with Crippen LogP contribution in [0.15, 0.2) is 24.3 Å². The van der Waals surface area contributed by atoms with Gasteiger partial charge in [0.1, 0.15) is 5.75 Å². The third-order valence-electron chi connectivity index (χ3n) is 3.44. The Kier molecular flexibility index (Phi) is 5.40. The molecule has 0 aromatic heterocycles. The van der Waals surface area contributed by atoms with Crippen LogP contribution >= 0.6 is 0 Å². The van der Waals surface area contributed by atoms with Crippen molar-refractivity contribution < 1.29 is 14.3 Å². The first-order chi connectivity index (χ1) is 9.31. The molecule has 1 aromatic rings. The minimum absolute atomic E-state index is 0.0283. The van der Waals surface area contributed by atoms with E-state index in [1.165, 1.54) is 0 Å². The first-order valence-corrected chi connectivity index (χ1v) is 7.16. The molecule has 3 heteroatoms. The van der Waals surface area contributed by atoms with Gasteiger partial charge in [-0.05, 0) is 43.5 Å². The molecule has 1 aliphatic heterocycles. The largest absolute Gasteiger partial charge is 0.494 e. The average molecular weight is 262 g/mol. The zero-order valence-electron chi connectivity index (χ0n) is 11.6. The minimum atomic E-state index is 0.0283. The van der Waals surface area contributed by atoms with Crippen molar-refractivity contribution in [1.82, 2.24) is 0 Å². The van der Waals surface area contributed by atoms with Gasteiger partial charge in [0.15, 0.2) is 5.78 Å². The van der Waals surface area contributed by atoms with Crippen molar-refractivity contribution in [3.05, 3.63) is 29.8 Å². The van der Waals surface area contributed by atoms with Gasteiger partial charge in [-0.1, -0.05) is 13.3 Å². The predicted octanol–water partition coefficient (Wildman–Crippen LogP) is 3.47. The molecule has 19 heavy (non-hydrogen) atoms. The van der Waals surface area contributed by atoms with Gasteiger partial charge in [0, 0.05) is 18.1 Å². The Balaban J connectivity index is 1.91. The van der Waals surface area contributed by atoms with E-state index < -0.39 is 0 Å². The highest BCUT2D eigenvalue weighted by Gasteiger charge is 2.22. The first kappa shape index (κ1) is 14.1. The topological polar surface area (TPSA) is 35.5 Å². The lowest BCUT2D eigenvalue weighted by molar-refractivity contribution is 0.0461. The molecule has 0 saturated carbocycles. The van der Waals surface area contributed by atoms with Gasteiger partial charge in [0.25, 0.3) is 0 Å². The van der Waals surface area contributed by atoms with Gasteiger partial charge in [-0.3, -0.25) is 4.79 Å². The molecule has 1 unspecified atom stereocenters. The molecule has 0 aliphatic carbocycles. The summed E-state index contributed by atoms with van der Waals surface area (Å²) >= 11 is 0. The average Bonchev–Trinajstić information content (AvgIpc) is 2.48. The van der Waals surface area contributed by atoms with Crippen LogP contribution in [0, 0.1) is 5.92 Å². The smallest absolute Gasteiger partial charge is 0.168 e. The molecule has 1 aliphatic rings. The standard InChI is InChI=1S/C16H22O3/c1-2-3-11-19-15-8-6-13(7-9-15)16(17)14-5-4-10-18-12-14/h6-9,14H,2-5,10-12H2,1H3. The van der Waals surface area contributed by atoms with Crippen LogP contribution in [0.5, 0.6) is 5.75 Å². The number of ether oxygens (including phenoxy) is 2. The van der Waals surface area contributed by atoms with Crippen LogP contribution in [0.2, 0.25) is 0 Å². The monoisotopic (exact) mass is 262 g/mol. The highest BCUT2D eigenvalue weighted by atomic mass is 16.5. The van der Waals surface area contributed by atoms with Gasteiger partial charge in [0.2, 0.25) is 0 Å². The fourth-order valence-corrected chi connectivity index (χ4v) is 2.23. The molecule has 1 aromatic carbocycles. The van der Waals surface area contributed by atoms with Crippen molar-refractivity contribution in [1.29, 1.82) is 0 Å². The Labute approximate surface area is 114 Å². The third-order valence-corrected chi connectivity index (χ3v) is 3.44. The Morgan fingerprint density at radius 2 is 2.16 bits per heavy atom. The molecule has 0 radical (unpaired) electrons. The summed E-state index contributed by atoms with van der Waals surface area (Å²) in [6, 6.07) is 7.48. The number of hydrogen-bond donors (Lipinski definition) is 0. The second-order valence-electron chi connectivity index (χ2n) is 5.00. The number of Topliss-reactive ketones (excluding diaryl/α,β-unsaturated/α-hetero) is 1. The molecule has 1 atom stereocenters. The van der Waals surface area contributed by atoms with Gasteiger partial charge in [-0.25, -0.2) is 0 Å². The van der Waals surface area contributed by atoms with Crippen molar-refractivity contribution in [2.45, 2.75) is 32.6 Å². The fourth-order valence-electron chi connectivity index (χ4n) is 2.23. The minimum Gasteiger partial charge on any atom is -0.494 e. The number of rotatable bonds is 6. The Morgan fingerprint density at radius 3 is 2.79 bits per heavy atom. The first-order valence-electron chi connectivity index (χ1n) is 7.16. The van der Waals surface area contributed by atoms with E-state index >= 15 is 0 Å². The highest BCUT2D eigenvalue weighted by molar-refractivity contribution is 5.98. The molecular formula is C16H22O3. The molecule has 0 spiro atoms. The quantitative estimate of drug-likeness (QED) is 0.581. The van der Waals surface area contributed by atoms with Crippen LogP contribution in [-0.2, 0) is 4.74 Å². The van der Waals surface area contributed by atoms with E-state index in [2.05, 4.69) is 6.92 Å². The fraction of sp³-hybridized carbons (Fsp3) is 0.562. The maximum absolute atomic E-state index is 12.3. The van der Waals surface area contributed by atoms with E-state index in [-0.39, 0.29) is 11.7 Å². The summed E-state index contributed by atoms with van der Waals surface area (Å²) in [5.74, 6) is 1.06. The maximum Gasteiger partial charge on any atom is 0.168 e. The zero-order valence-corrected chi connectivity index (χ0v) is 11.6. The summed E-state index contributed by atoms with van der Waals surface area (Å²) in [4.78, 5) is 12.3. The van der Waals surface area contributed by atoms with E-state index in [9.17, 15) is 4.79 Å². The van der Waals surface area contributed by atoms with Crippen LogP contribution < -0.4 is 4.74 Å². The number of ketones is 1. The maximum atomic E-state index is 12.3. The Hall–Kier alpha value is -1.35. The second-order valence-corrected chi connectivity index (χ2v) is 5.00. The van der Waals surface area contributed by atoms with Crippen LogP contribution in [0.4, 0.5) is 0 Å². The van der Waals surface area contributed by atoms with Gasteiger partial charge in [-0.2, -0.15) is 0 Å². The molecule has 1 fully saturated rings. The van der Waals surface area contributed by atoms with Crippen molar-refractivity contribution in [2.24, 2.45) is 5.92 Å². The number of benzene rings is 1. The summed E-state index contributed by atoms with van der Waals surface area (Å²) in [7, 11) is 0. The number of hydrogen-bond acceptors (Lipinski definition) is 3. The van der Waals surface area contributed by atoms with E-state index in [1.807, 2.05) is 24.3 Å². The predicted molar refractivity (Wildman–Crippen MR) is 74.7 cm³/mol.